The molecule has 0 saturated carbocycles. The molecule has 3 heteroatoms. The summed E-state index contributed by atoms with van der Waals surface area (Å²) in [5.74, 6) is 0.335. The molecular weight excluding hydrogens is 572 g/mol. The second kappa shape index (κ2) is 11.5. The average Bonchev–Trinajstić information content (AvgIpc) is 3.45. The first-order chi connectivity index (χ1) is 23.2. The second-order valence-corrected chi connectivity index (χ2v) is 13.1. The fraction of sp³-hybridized carbons (Fsp3) is 0.136. The third kappa shape index (κ3) is 4.91. The number of rotatable bonds is 5. The van der Waals surface area contributed by atoms with E-state index in [0.717, 1.165) is 26.2 Å². The highest BCUT2D eigenvalue weighted by Gasteiger charge is 2.38. The summed E-state index contributed by atoms with van der Waals surface area (Å²) in [6.45, 7) is 3.29. The molecule has 9 rings (SSSR count). The van der Waals surface area contributed by atoms with Crippen LogP contribution in [-0.4, -0.2) is 14.9 Å². The average molecular weight is 609 g/mol. The Morgan fingerprint density at radius 1 is 0.404 bits per heavy atom. The molecule has 2 heterocycles. The number of phenolic OH excluding ortho intramolecular Hbond substituents is 1. The Morgan fingerprint density at radius 3 is 1.36 bits per heavy atom. The Balaban J connectivity index is 1.27. The van der Waals surface area contributed by atoms with Crippen molar-refractivity contribution in [2.45, 2.75) is 38.3 Å². The first kappa shape index (κ1) is 28.0. The Kier molecular flexibility index (Phi) is 6.88. The number of hydrogen-bond acceptors (Lipinski definition) is 3. The number of phenols is 1. The molecule has 47 heavy (non-hydrogen) atoms. The van der Waals surface area contributed by atoms with Gasteiger partial charge in [0, 0.05) is 26.2 Å². The molecule has 0 unspecified atom stereocenters. The van der Waals surface area contributed by atoms with E-state index in [-0.39, 0.29) is 12.1 Å². The van der Waals surface area contributed by atoms with Crippen LogP contribution in [0.4, 0.5) is 0 Å². The largest absolute Gasteiger partial charge is 0.508 e. The van der Waals surface area contributed by atoms with Crippen LogP contribution in [0.3, 0.4) is 0 Å². The Morgan fingerprint density at radius 2 is 0.830 bits per heavy atom. The van der Waals surface area contributed by atoms with E-state index >= 15 is 0 Å². The van der Waals surface area contributed by atoms with E-state index in [4.69, 9.17) is 0 Å². The normalized spacial score (nSPS) is 15.9. The molecule has 0 amide bonds. The Labute approximate surface area is 276 Å². The summed E-state index contributed by atoms with van der Waals surface area (Å²) in [5.41, 5.74) is 10.6. The highest BCUT2D eigenvalue weighted by atomic mass is 16.3. The Bertz CT molecular complexity index is 2160. The van der Waals surface area contributed by atoms with Gasteiger partial charge in [0.25, 0.3) is 0 Å². The van der Waals surface area contributed by atoms with Crippen molar-refractivity contribution in [1.82, 2.24) is 9.80 Å². The molecule has 228 valence electrons. The lowest BCUT2D eigenvalue weighted by Gasteiger charge is -2.42. The minimum Gasteiger partial charge on any atom is -0.508 e. The van der Waals surface area contributed by atoms with Crippen LogP contribution >= 0.6 is 0 Å². The first-order valence-electron chi connectivity index (χ1n) is 16.6. The number of benzene rings is 7. The quantitative estimate of drug-likeness (QED) is 0.211. The molecule has 7 aromatic rings. The third-order valence-electron chi connectivity index (χ3n) is 10.3. The van der Waals surface area contributed by atoms with Crippen LogP contribution in [0.2, 0.25) is 0 Å². The van der Waals surface area contributed by atoms with Crippen LogP contribution in [0.5, 0.6) is 5.75 Å². The lowest BCUT2D eigenvalue weighted by atomic mass is 9.88. The van der Waals surface area contributed by atoms with Crippen molar-refractivity contribution in [3.05, 3.63) is 185 Å². The maximum atomic E-state index is 10.4. The molecular formula is C44H36N2O. The van der Waals surface area contributed by atoms with Crippen molar-refractivity contribution >= 4 is 21.5 Å². The van der Waals surface area contributed by atoms with Crippen LogP contribution in [0, 0.1) is 0 Å². The molecule has 0 aromatic heterocycles. The molecule has 7 aromatic carbocycles. The van der Waals surface area contributed by atoms with Gasteiger partial charge in [-0.15, -0.1) is 0 Å². The van der Waals surface area contributed by atoms with Crippen LogP contribution < -0.4 is 0 Å². The van der Waals surface area contributed by atoms with Crippen LogP contribution in [-0.2, 0) is 26.2 Å². The van der Waals surface area contributed by atoms with Gasteiger partial charge in [-0.2, -0.15) is 0 Å². The number of fused-ring (bicyclic) bond motifs is 8. The summed E-state index contributed by atoms with van der Waals surface area (Å²) in [6.07, 6.45) is 0. The zero-order valence-corrected chi connectivity index (χ0v) is 26.3. The van der Waals surface area contributed by atoms with E-state index in [1.807, 2.05) is 12.1 Å². The second-order valence-electron chi connectivity index (χ2n) is 13.1. The fourth-order valence-corrected chi connectivity index (χ4v) is 8.27. The van der Waals surface area contributed by atoms with Gasteiger partial charge in [0.2, 0.25) is 0 Å². The van der Waals surface area contributed by atoms with Gasteiger partial charge in [0.15, 0.2) is 0 Å². The Hall–Kier alpha value is -5.22. The smallest absolute Gasteiger partial charge is 0.115 e. The molecule has 0 radical (unpaired) electrons. The zero-order valence-electron chi connectivity index (χ0n) is 26.3. The predicted molar refractivity (Wildman–Crippen MR) is 192 cm³/mol. The van der Waals surface area contributed by atoms with E-state index in [0.29, 0.717) is 5.75 Å². The molecule has 2 aliphatic heterocycles. The van der Waals surface area contributed by atoms with Gasteiger partial charge in [-0.3, -0.25) is 9.80 Å². The van der Waals surface area contributed by atoms with E-state index in [2.05, 4.69) is 149 Å². The number of hydrogen-bond donors (Lipinski definition) is 1. The van der Waals surface area contributed by atoms with Crippen molar-refractivity contribution in [1.29, 1.82) is 0 Å². The van der Waals surface area contributed by atoms with E-state index in [1.54, 1.807) is 0 Å². The van der Waals surface area contributed by atoms with Crippen molar-refractivity contribution in [2.24, 2.45) is 0 Å². The van der Waals surface area contributed by atoms with Gasteiger partial charge in [0.1, 0.15) is 5.75 Å². The molecule has 2 aliphatic rings. The van der Waals surface area contributed by atoms with Crippen molar-refractivity contribution in [3.8, 4) is 16.9 Å². The van der Waals surface area contributed by atoms with Gasteiger partial charge in [0.05, 0.1) is 12.1 Å². The first-order valence-corrected chi connectivity index (χ1v) is 16.6. The molecule has 0 aliphatic carbocycles. The molecule has 1 N–H and O–H groups in total. The lowest BCUT2D eigenvalue weighted by Crippen LogP contribution is -2.38. The van der Waals surface area contributed by atoms with Gasteiger partial charge in [-0.05, 0) is 78.2 Å². The summed E-state index contributed by atoms with van der Waals surface area (Å²) in [5, 5.41) is 15.6. The third-order valence-corrected chi connectivity index (χ3v) is 10.3. The molecule has 0 fully saturated rings. The standard InChI is InChI=1S/C44H36N2O/c47-38-24-23-34-26-45(29-37(34)25-38)43(32-13-3-1-4-14-32)44(33-15-5-2-6-16-33)46-27-35-21-19-30-11-7-9-17-39(30)41(35)42-36(28-46)22-20-31-12-8-10-18-40(31)42/h1-25,43-44,47H,26-29H2/t43-,44-/m1/s1. The topological polar surface area (TPSA) is 26.7 Å². The minimum atomic E-state index is 0.0678. The molecule has 3 nitrogen and oxygen atoms in total. The summed E-state index contributed by atoms with van der Waals surface area (Å²) >= 11 is 0. The molecule has 0 bridgehead atoms. The lowest BCUT2D eigenvalue weighted by molar-refractivity contribution is 0.0632. The molecule has 2 atom stereocenters. The minimum absolute atomic E-state index is 0.0678. The maximum Gasteiger partial charge on any atom is 0.115 e. The van der Waals surface area contributed by atoms with Crippen LogP contribution in [0.1, 0.15) is 45.5 Å². The van der Waals surface area contributed by atoms with Crippen LogP contribution in [0.15, 0.2) is 152 Å². The summed E-state index contributed by atoms with van der Waals surface area (Å²) < 4.78 is 0. The number of nitrogens with zero attached hydrogens (tertiary/aromatic N) is 2. The monoisotopic (exact) mass is 608 g/mol. The summed E-state index contributed by atoms with van der Waals surface area (Å²) in [7, 11) is 0. The van der Waals surface area contributed by atoms with E-state index in [1.165, 1.54) is 66.1 Å². The maximum absolute atomic E-state index is 10.4. The van der Waals surface area contributed by atoms with Crippen molar-refractivity contribution < 1.29 is 5.11 Å². The van der Waals surface area contributed by atoms with Gasteiger partial charge in [-0.25, -0.2) is 0 Å². The highest BCUT2D eigenvalue weighted by molar-refractivity contribution is 6.08. The van der Waals surface area contributed by atoms with E-state index in [9.17, 15) is 5.11 Å². The zero-order chi connectivity index (χ0) is 31.3. The van der Waals surface area contributed by atoms with Crippen molar-refractivity contribution in [3.63, 3.8) is 0 Å². The van der Waals surface area contributed by atoms with Gasteiger partial charge in [-0.1, -0.05) is 140 Å². The van der Waals surface area contributed by atoms with Crippen LogP contribution in [0.25, 0.3) is 32.7 Å². The highest BCUT2D eigenvalue weighted by Crippen LogP contribution is 2.48. The van der Waals surface area contributed by atoms with Gasteiger partial charge < -0.3 is 5.11 Å². The number of aromatic hydroxyl groups is 1. The molecule has 0 spiro atoms. The van der Waals surface area contributed by atoms with Crippen molar-refractivity contribution in [2.75, 3.05) is 0 Å². The fourth-order valence-electron chi connectivity index (χ4n) is 8.27. The summed E-state index contributed by atoms with van der Waals surface area (Å²) in [6, 6.07) is 55.2. The van der Waals surface area contributed by atoms with Gasteiger partial charge >= 0.3 is 0 Å². The SMILES string of the molecule is Oc1ccc2c(c1)CN([C@H](c1ccccc1)[C@@H](c1ccccc1)N1Cc3ccc4ccccc4c3-c3c(ccc4ccccc34)C1)C2. The summed E-state index contributed by atoms with van der Waals surface area (Å²) in [4.78, 5) is 5.34. The van der Waals surface area contributed by atoms with E-state index < -0.39 is 0 Å². The molecule has 0 saturated heterocycles. The predicted octanol–water partition coefficient (Wildman–Crippen LogP) is 10.2.